The van der Waals surface area contributed by atoms with E-state index in [1.165, 1.54) is 4.90 Å². The number of amides is 1. The number of nitrogens with zero attached hydrogens (tertiary/aromatic N) is 2. The molecule has 0 spiro atoms. The van der Waals surface area contributed by atoms with Gasteiger partial charge in [0, 0.05) is 24.5 Å². The van der Waals surface area contributed by atoms with Crippen LogP contribution in [0.4, 0.5) is 0 Å². The van der Waals surface area contributed by atoms with Gasteiger partial charge in [-0.25, -0.2) is 0 Å². The molecular weight excluding hydrogens is 440 g/mol. The molecule has 0 aliphatic carbocycles. The lowest BCUT2D eigenvalue weighted by Crippen LogP contribution is -2.29. The van der Waals surface area contributed by atoms with Gasteiger partial charge in [0.05, 0.1) is 18.7 Å². The highest BCUT2D eigenvalue weighted by atomic mass is 16.5. The molecule has 6 heteroatoms. The summed E-state index contributed by atoms with van der Waals surface area (Å²) in [5.74, 6) is -0.797. The Balaban J connectivity index is 1.86. The maximum absolute atomic E-state index is 13.4. The highest BCUT2D eigenvalue weighted by Crippen LogP contribution is 2.41. The van der Waals surface area contributed by atoms with E-state index in [1.54, 1.807) is 31.6 Å². The molecule has 3 aromatic rings. The Hall–Kier alpha value is -3.93. The number of ether oxygens (including phenoxy) is 1. The lowest BCUT2D eigenvalue weighted by molar-refractivity contribution is -0.140. The van der Waals surface area contributed by atoms with E-state index in [-0.39, 0.29) is 23.3 Å². The number of Topliss-reactive ketones (excluding diaryl/α,β-unsaturated/α-hetero) is 1. The second kappa shape index (κ2) is 9.37. The molecule has 2 heterocycles. The van der Waals surface area contributed by atoms with Crippen LogP contribution in [0, 0.1) is 6.92 Å². The van der Waals surface area contributed by atoms with Gasteiger partial charge < -0.3 is 14.7 Å². The number of ketones is 1. The van der Waals surface area contributed by atoms with Gasteiger partial charge in [0.2, 0.25) is 0 Å². The van der Waals surface area contributed by atoms with Crippen molar-refractivity contribution in [1.29, 1.82) is 0 Å². The second-order valence-corrected chi connectivity index (χ2v) is 9.84. The van der Waals surface area contributed by atoms with Gasteiger partial charge in [-0.15, -0.1) is 0 Å². The van der Waals surface area contributed by atoms with Crippen molar-refractivity contribution in [3.8, 4) is 5.75 Å². The highest BCUT2D eigenvalue weighted by Gasteiger charge is 2.46. The number of benzene rings is 2. The van der Waals surface area contributed by atoms with Crippen molar-refractivity contribution in [3.63, 3.8) is 0 Å². The van der Waals surface area contributed by atoms with E-state index in [9.17, 15) is 14.7 Å². The molecule has 1 aromatic heterocycles. The van der Waals surface area contributed by atoms with E-state index in [1.807, 2.05) is 49.4 Å². The number of likely N-dealkylation sites (tertiary alicyclic amines) is 1. The Morgan fingerprint density at radius 1 is 1.03 bits per heavy atom. The largest absolute Gasteiger partial charge is 0.507 e. The third-order valence-corrected chi connectivity index (χ3v) is 6.43. The van der Waals surface area contributed by atoms with Crippen LogP contribution in [0.1, 0.15) is 54.6 Å². The minimum atomic E-state index is -0.738. The number of carbonyl (C=O) groups excluding carboxylic acids is 2. The summed E-state index contributed by atoms with van der Waals surface area (Å²) in [4.78, 5) is 32.2. The molecule has 1 amide bonds. The van der Waals surface area contributed by atoms with Gasteiger partial charge in [-0.3, -0.25) is 14.6 Å². The summed E-state index contributed by atoms with van der Waals surface area (Å²) in [6, 6.07) is 16.0. The zero-order valence-corrected chi connectivity index (χ0v) is 20.7. The number of carbonyl (C=O) groups is 2. The van der Waals surface area contributed by atoms with Crippen LogP contribution in [-0.2, 0) is 21.5 Å². The Morgan fingerprint density at radius 2 is 1.69 bits per heavy atom. The van der Waals surface area contributed by atoms with Gasteiger partial charge in [-0.2, -0.15) is 0 Å². The van der Waals surface area contributed by atoms with Crippen LogP contribution in [0.2, 0.25) is 0 Å². The van der Waals surface area contributed by atoms with Gasteiger partial charge in [0.25, 0.3) is 11.7 Å². The number of aromatic nitrogens is 1. The average Bonchev–Trinajstić information content (AvgIpc) is 3.09. The number of hydrogen-bond donors (Lipinski definition) is 1. The maximum atomic E-state index is 13.4. The Bertz CT molecular complexity index is 1290. The van der Waals surface area contributed by atoms with E-state index in [2.05, 4.69) is 25.8 Å². The average molecular weight is 471 g/mol. The number of aliphatic hydroxyl groups is 1. The van der Waals surface area contributed by atoms with Crippen LogP contribution in [-0.4, -0.2) is 33.8 Å². The molecule has 0 radical (unpaired) electrons. The monoisotopic (exact) mass is 470 g/mol. The van der Waals surface area contributed by atoms with Gasteiger partial charge in [0.1, 0.15) is 11.5 Å². The predicted molar refractivity (Wildman–Crippen MR) is 135 cm³/mol. The van der Waals surface area contributed by atoms with Crippen LogP contribution in [0.5, 0.6) is 5.75 Å². The summed E-state index contributed by atoms with van der Waals surface area (Å²) >= 11 is 0. The fourth-order valence-corrected chi connectivity index (χ4v) is 4.35. The first-order valence-electron chi connectivity index (χ1n) is 11.5. The molecule has 1 aliphatic heterocycles. The molecular formula is C29H30N2O4. The fraction of sp³-hybridized carbons (Fsp3) is 0.276. The van der Waals surface area contributed by atoms with Crippen molar-refractivity contribution < 1.29 is 19.4 Å². The Kier molecular flexibility index (Phi) is 6.48. The highest BCUT2D eigenvalue weighted by molar-refractivity contribution is 6.46. The van der Waals surface area contributed by atoms with Gasteiger partial charge >= 0.3 is 0 Å². The van der Waals surface area contributed by atoms with E-state index < -0.39 is 17.7 Å². The van der Waals surface area contributed by atoms with Gasteiger partial charge in [0.15, 0.2) is 0 Å². The standard InChI is InChI=1S/C29H30N2O4/c1-18-6-9-21(29(2,3)4)16-23(18)26(32)24-25(20-12-14-30-15-13-20)31(28(34)27(24)33)17-19-7-10-22(35-5)11-8-19/h6-16,25,32H,17H2,1-5H3/b26-24+. The quantitative estimate of drug-likeness (QED) is 0.310. The summed E-state index contributed by atoms with van der Waals surface area (Å²) in [6.45, 7) is 8.36. The Labute approximate surface area is 205 Å². The fourth-order valence-electron chi connectivity index (χ4n) is 4.35. The molecule has 1 unspecified atom stereocenters. The molecule has 4 rings (SSSR count). The van der Waals surface area contributed by atoms with Crippen molar-refractivity contribution in [1.82, 2.24) is 9.88 Å². The van der Waals surface area contributed by atoms with Crippen LogP contribution < -0.4 is 4.74 Å². The first kappa shape index (κ1) is 24.2. The normalized spacial score (nSPS) is 17.6. The zero-order chi connectivity index (χ0) is 25.3. The topological polar surface area (TPSA) is 79.7 Å². The number of methoxy groups -OCH3 is 1. The van der Waals surface area contributed by atoms with Crippen molar-refractivity contribution in [2.75, 3.05) is 7.11 Å². The lowest BCUT2D eigenvalue weighted by Gasteiger charge is -2.26. The van der Waals surface area contributed by atoms with E-state index in [0.29, 0.717) is 16.9 Å². The smallest absolute Gasteiger partial charge is 0.295 e. The van der Waals surface area contributed by atoms with Gasteiger partial charge in [-0.1, -0.05) is 45.0 Å². The summed E-state index contributed by atoms with van der Waals surface area (Å²) in [5.41, 5.74) is 3.90. The van der Waals surface area contributed by atoms with Crippen molar-refractivity contribution >= 4 is 17.4 Å². The van der Waals surface area contributed by atoms with Crippen LogP contribution >= 0.6 is 0 Å². The SMILES string of the molecule is COc1ccc(CN2C(=O)C(=O)/C(=C(/O)c3cc(C(C)(C)C)ccc3C)C2c2ccncc2)cc1. The third kappa shape index (κ3) is 4.69. The maximum Gasteiger partial charge on any atom is 0.295 e. The summed E-state index contributed by atoms with van der Waals surface area (Å²) in [5, 5.41) is 11.5. The number of rotatable bonds is 5. The molecule has 6 nitrogen and oxygen atoms in total. The van der Waals surface area contributed by atoms with Crippen LogP contribution in [0.15, 0.2) is 72.6 Å². The molecule has 1 fully saturated rings. The molecule has 180 valence electrons. The van der Waals surface area contributed by atoms with Crippen molar-refractivity contribution in [2.45, 2.75) is 45.7 Å². The molecule has 35 heavy (non-hydrogen) atoms. The molecule has 1 N–H and O–H groups in total. The molecule has 2 aromatic carbocycles. The van der Waals surface area contributed by atoms with Gasteiger partial charge in [-0.05, 0) is 64.9 Å². The third-order valence-electron chi connectivity index (χ3n) is 6.43. The lowest BCUT2D eigenvalue weighted by atomic mass is 9.84. The molecule has 0 bridgehead atoms. The summed E-state index contributed by atoms with van der Waals surface area (Å²) in [7, 11) is 1.59. The molecule has 1 saturated heterocycles. The Morgan fingerprint density at radius 3 is 2.29 bits per heavy atom. The molecule has 0 saturated carbocycles. The first-order valence-corrected chi connectivity index (χ1v) is 11.5. The predicted octanol–water partition coefficient (Wildman–Crippen LogP) is 5.32. The van der Waals surface area contributed by atoms with Crippen molar-refractivity contribution in [3.05, 3.63) is 100 Å². The molecule has 1 aliphatic rings. The summed E-state index contributed by atoms with van der Waals surface area (Å²) in [6.07, 6.45) is 3.24. The second-order valence-electron chi connectivity index (χ2n) is 9.84. The zero-order valence-electron chi connectivity index (χ0n) is 20.7. The minimum absolute atomic E-state index is 0.0869. The minimum Gasteiger partial charge on any atom is -0.507 e. The van der Waals surface area contributed by atoms with Crippen LogP contribution in [0.25, 0.3) is 5.76 Å². The van der Waals surface area contributed by atoms with Crippen LogP contribution in [0.3, 0.4) is 0 Å². The van der Waals surface area contributed by atoms with E-state index in [0.717, 1.165) is 16.7 Å². The number of pyridine rings is 1. The number of hydrogen-bond acceptors (Lipinski definition) is 5. The number of aliphatic hydroxyl groups excluding tert-OH is 1. The van der Waals surface area contributed by atoms with E-state index >= 15 is 0 Å². The molecule has 1 atom stereocenters. The van der Waals surface area contributed by atoms with E-state index in [4.69, 9.17) is 4.74 Å². The number of aryl methyl sites for hydroxylation is 1. The summed E-state index contributed by atoms with van der Waals surface area (Å²) < 4.78 is 5.23. The first-order chi connectivity index (χ1) is 16.6. The van der Waals surface area contributed by atoms with Crippen molar-refractivity contribution in [2.24, 2.45) is 0 Å².